The summed E-state index contributed by atoms with van der Waals surface area (Å²) in [6.07, 6.45) is 0. The first-order chi connectivity index (χ1) is 25.2. The van der Waals surface area contributed by atoms with Gasteiger partial charge in [-0.3, -0.25) is 0 Å². The molecule has 0 saturated heterocycles. The van der Waals surface area contributed by atoms with E-state index in [9.17, 15) is 0 Å². The minimum absolute atomic E-state index is 0.649. The van der Waals surface area contributed by atoms with Gasteiger partial charge in [0.25, 0.3) is 0 Å². The molecule has 0 spiro atoms. The maximum Gasteiger partial charge on any atom is 0.164 e. The molecule has 0 radical (unpaired) electrons. The highest BCUT2D eigenvalue weighted by molar-refractivity contribution is 7.26. The van der Waals surface area contributed by atoms with Crippen LogP contribution in [-0.2, 0) is 0 Å². The fraction of sp³-hybridized carbons (Fsp3) is 0. The Balaban J connectivity index is 1.08. The summed E-state index contributed by atoms with van der Waals surface area (Å²) in [6, 6.07) is 56.1. The third-order valence-electron chi connectivity index (χ3n) is 9.87. The van der Waals surface area contributed by atoms with E-state index in [1.165, 1.54) is 62.2 Å². The molecule has 11 rings (SSSR count). The van der Waals surface area contributed by atoms with Gasteiger partial charge >= 0.3 is 0 Å². The van der Waals surface area contributed by atoms with Crippen molar-refractivity contribution in [3.05, 3.63) is 158 Å². The van der Waals surface area contributed by atoms with Gasteiger partial charge in [0.2, 0.25) is 0 Å². The first kappa shape index (κ1) is 28.6. The van der Waals surface area contributed by atoms with Crippen molar-refractivity contribution in [1.82, 2.24) is 19.5 Å². The summed E-state index contributed by atoms with van der Waals surface area (Å²) < 4.78 is 7.37. The van der Waals surface area contributed by atoms with E-state index in [1.807, 2.05) is 11.3 Å². The van der Waals surface area contributed by atoms with Gasteiger partial charge in [-0.1, -0.05) is 84.9 Å². The molecule has 0 atom stereocenters. The molecule has 51 heavy (non-hydrogen) atoms. The first-order valence-electron chi connectivity index (χ1n) is 16.9. The normalized spacial score (nSPS) is 11.9. The Morgan fingerprint density at radius 3 is 1.45 bits per heavy atom. The summed E-state index contributed by atoms with van der Waals surface area (Å²) in [7, 11) is 0. The molecular formula is C45H26N4S2. The Labute approximate surface area is 300 Å². The second-order valence-electron chi connectivity index (χ2n) is 12.8. The van der Waals surface area contributed by atoms with Crippen molar-refractivity contribution in [1.29, 1.82) is 0 Å². The molecule has 0 aliphatic rings. The number of para-hydroxylation sites is 2. The highest BCUT2D eigenvalue weighted by atomic mass is 32.1. The molecule has 0 aliphatic carbocycles. The summed E-state index contributed by atoms with van der Waals surface area (Å²) in [5, 5.41) is 7.50. The average molecular weight is 687 g/mol. The van der Waals surface area contributed by atoms with Crippen molar-refractivity contribution >= 4 is 84.8 Å². The van der Waals surface area contributed by atoms with Crippen molar-refractivity contribution < 1.29 is 0 Å². The van der Waals surface area contributed by atoms with Crippen LogP contribution in [0.3, 0.4) is 0 Å². The van der Waals surface area contributed by atoms with Crippen molar-refractivity contribution in [2.24, 2.45) is 0 Å². The molecule has 0 N–H and O–H groups in total. The highest BCUT2D eigenvalue weighted by Gasteiger charge is 2.17. The van der Waals surface area contributed by atoms with Gasteiger partial charge in [0, 0.05) is 73.5 Å². The quantitative estimate of drug-likeness (QED) is 0.185. The van der Waals surface area contributed by atoms with Crippen molar-refractivity contribution in [2.75, 3.05) is 0 Å². The van der Waals surface area contributed by atoms with E-state index in [0.717, 1.165) is 22.4 Å². The van der Waals surface area contributed by atoms with E-state index < -0.39 is 0 Å². The third kappa shape index (κ3) is 4.54. The molecule has 6 heteroatoms. The van der Waals surface area contributed by atoms with Gasteiger partial charge in [-0.25, -0.2) is 15.0 Å². The summed E-state index contributed by atoms with van der Waals surface area (Å²) in [6.45, 7) is 0. The Kier molecular flexibility index (Phi) is 6.26. The van der Waals surface area contributed by atoms with Gasteiger partial charge in [-0.2, -0.15) is 0 Å². The Bertz CT molecular complexity index is 3100. The predicted octanol–water partition coefficient (Wildman–Crippen LogP) is 12.7. The molecule has 0 fully saturated rings. The molecule has 0 saturated carbocycles. The largest absolute Gasteiger partial charge is 0.309 e. The lowest BCUT2D eigenvalue weighted by Gasteiger charge is -2.11. The first-order valence-corrected chi connectivity index (χ1v) is 18.6. The number of rotatable bonds is 4. The summed E-state index contributed by atoms with van der Waals surface area (Å²) >= 11 is 3.62. The number of aromatic nitrogens is 4. The van der Waals surface area contributed by atoms with Crippen LogP contribution in [-0.4, -0.2) is 19.5 Å². The smallest absolute Gasteiger partial charge is 0.164 e. The van der Waals surface area contributed by atoms with E-state index >= 15 is 0 Å². The number of fused-ring (bicyclic) bond motifs is 9. The molecule has 4 heterocycles. The van der Waals surface area contributed by atoms with Gasteiger partial charge in [-0.05, 0) is 72.8 Å². The third-order valence-corrected chi connectivity index (χ3v) is 12.2. The number of benzene rings is 7. The van der Waals surface area contributed by atoms with Crippen LogP contribution in [0.1, 0.15) is 0 Å². The van der Waals surface area contributed by atoms with Crippen molar-refractivity contribution in [3.8, 4) is 39.9 Å². The highest BCUT2D eigenvalue weighted by Crippen LogP contribution is 2.39. The van der Waals surface area contributed by atoms with Gasteiger partial charge in [0.05, 0.1) is 11.0 Å². The Morgan fingerprint density at radius 2 is 0.784 bits per heavy atom. The lowest BCUT2D eigenvalue weighted by Crippen LogP contribution is -2.00. The van der Waals surface area contributed by atoms with Gasteiger partial charge < -0.3 is 4.57 Å². The molecule has 238 valence electrons. The fourth-order valence-electron chi connectivity index (χ4n) is 7.45. The topological polar surface area (TPSA) is 43.6 Å². The monoisotopic (exact) mass is 686 g/mol. The van der Waals surface area contributed by atoms with Gasteiger partial charge in [0.1, 0.15) is 0 Å². The second-order valence-corrected chi connectivity index (χ2v) is 15.0. The van der Waals surface area contributed by atoms with Crippen molar-refractivity contribution in [3.63, 3.8) is 0 Å². The number of hydrogen-bond donors (Lipinski definition) is 0. The molecular weight excluding hydrogens is 661 g/mol. The number of nitrogens with zero attached hydrogens (tertiary/aromatic N) is 4. The Hall–Kier alpha value is -6.21. The molecule has 7 aromatic carbocycles. The predicted molar refractivity (Wildman–Crippen MR) is 216 cm³/mol. The average Bonchev–Trinajstić information content (AvgIpc) is 3.87. The van der Waals surface area contributed by atoms with E-state index in [4.69, 9.17) is 15.0 Å². The number of thiophene rings is 2. The van der Waals surface area contributed by atoms with Crippen LogP contribution in [0.15, 0.2) is 158 Å². The second kappa shape index (κ2) is 11.2. The molecule has 11 aromatic rings. The zero-order valence-corrected chi connectivity index (χ0v) is 28.7. The lowest BCUT2D eigenvalue weighted by molar-refractivity contribution is 1.07. The molecule has 0 amide bonds. The molecule has 4 nitrogen and oxygen atoms in total. The minimum Gasteiger partial charge on any atom is -0.309 e. The van der Waals surface area contributed by atoms with E-state index in [2.05, 4.69) is 162 Å². The van der Waals surface area contributed by atoms with Crippen LogP contribution in [0.2, 0.25) is 0 Å². The van der Waals surface area contributed by atoms with E-state index in [1.54, 1.807) is 11.3 Å². The van der Waals surface area contributed by atoms with Crippen LogP contribution in [0, 0.1) is 0 Å². The van der Waals surface area contributed by atoms with Gasteiger partial charge in [0.15, 0.2) is 17.5 Å². The van der Waals surface area contributed by atoms with E-state index in [0.29, 0.717) is 17.5 Å². The lowest BCUT2D eigenvalue weighted by atomic mass is 10.1. The Morgan fingerprint density at radius 1 is 0.333 bits per heavy atom. The van der Waals surface area contributed by atoms with E-state index in [-0.39, 0.29) is 0 Å². The van der Waals surface area contributed by atoms with Crippen LogP contribution in [0.5, 0.6) is 0 Å². The maximum absolute atomic E-state index is 5.14. The number of hydrogen-bond acceptors (Lipinski definition) is 5. The molecule has 0 aliphatic heterocycles. The molecule has 0 bridgehead atoms. The SMILES string of the molecule is c1ccc2c(c1)sc1cc(-c3nc(-c4ccc(-n5c6ccccc6c6ccccc65)cc4)nc(-c4ccc5sc6ccccc6c5c4)n3)ccc12. The zero-order chi connectivity index (χ0) is 33.5. The standard InChI is InChI=1S/C45H26N4S2/c1-5-13-37-31(9-1)32-10-2-6-14-38(32)49(37)30-21-17-27(18-22-30)43-46-44(28-20-24-41-36(25-28)34-12-4-8-16-40(34)50-41)48-45(47-43)29-19-23-35-33-11-3-7-15-39(33)51-42(35)26-29/h1-26H. The van der Waals surface area contributed by atoms with Crippen LogP contribution in [0.25, 0.3) is 102 Å². The van der Waals surface area contributed by atoms with Crippen molar-refractivity contribution in [2.45, 2.75) is 0 Å². The van der Waals surface area contributed by atoms with Crippen LogP contribution in [0.4, 0.5) is 0 Å². The summed E-state index contributed by atoms with van der Waals surface area (Å²) in [5.74, 6) is 1.97. The summed E-state index contributed by atoms with van der Waals surface area (Å²) in [5.41, 5.74) is 6.35. The van der Waals surface area contributed by atoms with Gasteiger partial charge in [-0.15, -0.1) is 22.7 Å². The van der Waals surface area contributed by atoms with Crippen LogP contribution >= 0.6 is 22.7 Å². The minimum atomic E-state index is 0.649. The summed E-state index contributed by atoms with van der Waals surface area (Å²) in [4.78, 5) is 15.4. The van der Waals surface area contributed by atoms with Crippen LogP contribution < -0.4 is 0 Å². The molecule has 4 aromatic heterocycles. The zero-order valence-electron chi connectivity index (χ0n) is 27.1. The molecule has 0 unspecified atom stereocenters. The maximum atomic E-state index is 5.14. The fourth-order valence-corrected chi connectivity index (χ4v) is 9.69.